The van der Waals surface area contributed by atoms with Crippen molar-refractivity contribution >= 4 is 24.6 Å². The van der Waals surface area contributed by atoms with Crippen LogP contribution in [0.3, 0.4) is 0 Å². The van der Waals surface area contributed by atoms with E-state index in [4.69, 9.17) is 0 Å². The van der Waals surface area contributed by atoms with Crippen molar-refractivity contribution in [3.63, 3.8) is 0 Å². The van der Waals surface area contributed by atoms with Crippen molar-refractivity contribution in [1.29, 1.82) is 0 Å². The number of hydrogen-bond donors (Lipinski definition) is 0. The second-order valence-corrected chi connectivity index (χ2v) is 3.87. The summed E-state index contributed by atoms with van der Waals surface area (Å²) in [6.07, 6.45) is 0. The molecule has 0 aliphatic rings. The third-order valence-corrected chi connectivity index (χ3v) is 3.07. The molecule has 0 fully saturated rings. The average Bonchev–Trinajstić information content (AvgIpc) is 2.65. The van der Waals surface area contributed by atoms with E-state index in [1.807, 2.05) is 0 Å². The van der Waals surface area contributed by atoms with Crippen molar-refractivity contribution in [1.82, 2.24) is 4.40 Å². The van der Waals surface area contributed by atoms with Gasteiger partial charge in [0.25, 0.3) is 0 Å². The monoisotopic (exact) mass is 185 g/mol. The van der Waals surface area contributed by atoms with Crippen LogP contribution in [0.25, 0.3) is 16.4 Å². The molecule has 2 aromatic heterocycles. The van der Waals surface area contributed by atoms with E-state index in [9.17, 15) is 0 Å². The summed E-state index contributed by atoms with van der Waals surface area (Å²) in [7, 11) is 1.28. The molecule has 3 rings (SSSR count). The summed E-state index contributed by atoms with van der Waals surface area (Å²) in [4.78, 5) is 0. The van der Waals surface area contributed by atoms with Gasteiger partial charge in [0.2, 0.25) is 0 Å². The van der Waals surface area contributed by atoms with Crippen LogP contribution in [-0.2, 0) is 0 Å². The van der Waals surface area contributed by atoms with Gasteiger partial charge in [-0.3, -0.25) is 0 Å². The summed E-state index contributed by atoms with van der Waals surface area (Å²) in [6, 6.07) is 12.8. The van der Waals surface area contributed by atoms with Crippen LogP contribution in [0.5, 0.6) is 0 Å². The van der Waals surface area contributed by atoms with Gasteiger partial charge in [0.05, 0.1) is 11.0 Å². The van der Waals surface area contributed by atoms with Crippen LogP contribution in [-0.4, -0.2) is 4.40 Å². The molecule has 0 radical (unpaired) electrons. The molecular weight excluding hydrogens is 177 g/mol. The molecule has 0 atom stereocenters. The lowest BCUT2D eigenvalue weighted by Crippen LogP contribution is -1.83. The Labute approximate surface area is 77.7 Å². The van der Waals surface area contributed by atoms with Crippen molar-refractivity contribution in [2.45, 2.75) is 0 Å². The Morgan fingerprint density at radius 2 is 1.92 bits per heavy atom. The van der Waals surface area contributed by atoms with Crippen molar-refractivity contribution in [2.24, 2.45) is 0 Å². The zero-order valence-electron chi connectivity index (χ0n) is 7.01. The van der Waals surface area contributed by atoms with E-state index in [1.54, 1.807) is 0 Å². The first-order valence-electron chi connectivity index (χ1n) is 4.25. The molecule has 62 valence electrons. The molecule has 0 bridgehead atoms. The minimum atomic E-state index is 1.28. The first-order valence-corrected chi connectivity index (χ1v) is 5.28. The lowest BCUT2D eigenvalue weighted by atomic mass is 10.2. The van der Waals surface area contributed by atoms with Crippen LogP contribution >= 0.6 is 8.19 Å². The first-order chi connectivity index (χ1) is 6.45. The molecule has 1 aromatic carbocycles. The summed E-state index contributed by atoms with van der Waals surface area (Å²) < 4.78 is 2.25. The molecule has 0 amide bonds. The Morgan fingerprint density at radius 1 is 1.00 bits per heavy atom. The Kier molecular flexibility index (Phi) is 1.41. The molecule has 0 saturated carbocycles. The van der Waals surface area contributed by atoms with Gasteiger partial charge in [-0.2, -0.15) is 0 Å². The van der Waals surface area contributed by atoms with Gasteiger partial charge >= 0.3 is 0 Å². The largest absolute Gasteiger partial charge is 0.312 e. The van der Waals surface area contributed by atoms with E-state index in [2.05, 4.69) is 52.5 Å². The van der Waals surface area contributed by atoms with Crippen molar-refractivity contribution in [2.75, 3.05) is 0 Å². The van der Waals surface area contributed by atoms with E-state index >= 15 is 0 Å². The Hall–Kier alpha value is -1.33. The number of aromatic nitrogens is 1. The number of nitrogens with zero attached hydrogens (tertiary/aromatic N) is 1. The highest BCUT2D eigenvalue weighted by Gasteiger charge is 1.96. The highest BCUT2D eigenvalue weighted by molar-refractivity contribution is 7.28. The fourth-order valence-corrected chi connectivity index (χ4v) is 2.47. The van der Waals surface area contributed by atoms with E-state index < -0.39 is 0 Å². The predicted molar refractivity (Wildman–Crippen MR) is 57.4 cm³/mol. The molecule has 0 unspecified atom stereocenters. The van der Waals surface area contributed by atoms with Crippen LogP contribution in [0.2, 0.25) is 0 Å². The van der Waals surface area contributed by atoms with Crippen LogP contribution < -0.4 is 0 Å². The van der Waals surface area contributed by atoms with Crippen LogP contribution in [0.15, 0.2) is 48.1 Å². The van der Waals surface area contributed by atoms with Crippen molar-refractivity contribution < 1.29 is 0 Å². The lowest BCUT2D eigenvalue weighted by molar-refractivity contribution is 1.29. The van der Waals surface area contributed by atoms with E-state index in [1.165, 1.54) is 24.6 Å². The molecule has 13 heavy (non-hydrogen) atoms. The Morgan fingerprint density at radius 3 is 2.92 bits per heavy atom. The molecule has 0 aliphatic carbocycles. The summed E-state index contributed by atoms with van der Waals surface area (Å²) in [5, 5.41) is 1.30. The van der Waals surface area contributed by atoms with Gasteiger partial charge < -0.3 is 4.40 Å². The number of pyridine rings is 1. The maximum atomic E-state index is 2.25. The Balaban J connectivity index is 2.65. The summed E-state index contributed by atoms with van der Waals surface area (Å²) in [5.74, 6) is 4.41. The average molecular weight is 185 g/mol. The molecule has 3 aromatic rings. The van der Waals surface area contributed by atoms with Gasteiger partial charge in [-0.15, -0.1) is 0 Å². The topological polar surface area (TPSA) is 4.41 Å². The van der Waals surface area contributed by atoms with E-state index in [0.717, 1.165) is 0 Å². The van der Waals surface area contributed by atoms with Gasteiger partial charge in [0, 0.05) is 5.93 Å². The number of hydrogen-bond acceptors (Lipinski definition) is 0. The lowest BCUT2D eigenvalue weighted by Gasteiger charge is -2.00. The van der Waals surface area contributed by atoms with Gasteiger partial charge in [-0.1, -0.05) is 32.5 Å². The molecule has 2 heterocycles. The molecule has 0 spiro atoms. The summed E-state index contributed by atoms with van der Waals surface area (Å²) in [6.45, 7) is 0. The maximum absolute atomic E-state index is 2.25. The maximum Gasteiger partial charge on any atom is 0.0531 e. The second-order valence-electron chi connectivity index (χ2n) is 3.08. The smallest absolute Gasteiger partial charge is 0.0531 e. The predicted octanol–water partition coefficient (Wildman–Crippen LogP) is 3.67. The highest BCUT2D eigenvalue weighted by Crippen LogP contribution is 2.20. The quantitative estimate of drug-likeness (QED) is 0.503. The fourth-order valence-electron chi connectivity index (χ4n) is 1.65. The van der Waals surface area contributed by atoms with Crippen molar-refractivity contribution in [3.05, 3.63) is 48.1 Å². The van der Waals surface area contributed by atoms with Crippen molar-refractivity contribution in [3.8, 4) is 0 Å². The number of benzene rings is 1. The second kappa shape index (κ2) is 2.58. The van der Waals surface area contributed by atoms with Crippen LogP contribution in [0.4, 0.5) is 0 Å². The number of fused-ring (bicyclic) bond motifs is 3. The Bertz CT molecular complexity index is 568. The van der Waals surface area contributed by atoms with Crippen LogP contribution in [0.1, 0.15) is 0 Å². The summed E-state index contributed by atoms with van der Waals surface area (Å²) in [5.41, 5.74) is 2.58. The van der Waals surface area contributed by atoms with Gasteiger partial charge in [0.1, 0.15) is 0 Å². The van der Waals surface area contributed by atoms with Gasteiger partial charge in [0.15, 0.2) is 0 Å². The normalized spacial score (nSPS) is 11.7. The summed E-state index contributed by atoms with van der Waals surface area (Å²) >= 11 is 0. The van der Waals surface area contributed by atoms with E-state index in [0.29, 0.717) is 0 Å². The molecule has 0 aliphatic heterocycles. The zero-order valence-corrected chi connectivity index (χ0v) is 7.91. The van der Waals surface area contributed by atoms with E-state index in [-0.39, 0.29) is 0 Å². The van der Waals surface area contributed by atoms with Gasteiger partial charge in [-0.05, 0) is 23.3 Å². The molecule has 0 saturated heterocycles. The van der Waals surface area contributed by atoms with Crippen LogP contribution in [0, 0.1) is 0 Å². The third kappa shape index (κ3) is 0.976. The molecule has 0 N–H and O–H groups in total. The minimum Gasteiger partial charge on any atom is -0.312 e. The third-order valence-electron chi connectivity index (χ3n) is 2.30. The highest BCUT2D eigenvalue weighted by atomic mass is 31.0. The van der Waals surface area contributed by atoms with Gasteiger partial charge in [-0.25, -0.2) is 0 Å². The molecule has 1 nitrogen and oxygen atoms in total. The SMILES string of the molecule is c1ccc2c(c1)ccc1cpcn12. The number of para-hydroxylation sites is 1. The minimum absolute atomic E-state index is 1.28. The first kappa shape index (κ1) is 7.11. The molecular formula is C11H8NP. The number of rotatable bonds is 0. The standard InChI is InChI=1S/C11H8NP/c1-2-4-11-9(3-1)5-6-10-7-13-8-12(10)11/h1-8H. The zero-order chi connectivity index (χ0) is 8.67. The fraction of sp³-hybridized carbons (Fsp3) is 0. The molecule has 2 heteroatoms.